The van der Waals surface area contributed by atoms with Crippen molar-refractivity contribution in [1.82, 2.24) is 4.98 Å². The molecule has 0 spiro atoms. The van der Waals surface area contributed by atoms with Gasteiger partial charge < -0.3 is 5.32 Å². The molecule has 0 saturated heterocycles. The molecule has 0 amide bonds. The number of aryl methyl sites for hydroxylation is 1. The summed E-state index contributed by atoms with van der Waals surface area (Å²) < 4.78 is 1.06. The van der Waals surface area contributed by atoms with Crippen molar-refractivity contribution in [3.63, 3.8) is 0 Å². The second-order valence-corrected chi connectivity index (χ2v) is 5.38. The third kappa shape index (κ3) is 2.47. The minimum absolute atomic E-state index is 1.04. The van der Waals surface area contributed by atoms with Gasteiger partial charge in [0.2, 0.25) is 0 Å². The number of nitrogens with one attached hydrogen (secondary N) is 1. The van der Waals surface area contributed by atoms with E-state index in [2.05, 4.69) is 57.4 Å². The molecule has 94 valence electrons. The fourth-order valence-electron chi connectivity index (χ4n) is 2.15. The summed E-state index contributed by atoms with van der Waals surface area (Å²) in [5, 5.41) is 4.59. The SMILES string of the molecule is Cc1cccc2c(Nc3cccc(Br)c3)ccnc12. The number of pyridine rings is 1. The summed E-state index contributed by atoms with van der Waals surface area (Å²) in [4.78, 5) is 4.45. The van der Waals surface area contributed by atoms with Crippen LogP contribution in [0, 0.1) is 6.92 Å². The number of para-hydroxylation sites is 1. The molecule has 0 radical (unpaired) electrons. The van der Waals surface area contributed by atoms with Crippen LogP contribution < -0.4 is 5.32 Å². The van der Waals surface area contributed by atoms with Gasteiger partial charge in [-0.3, -0.25) is 4.98 Å². The molecule has 3 aromatic rings. The van der Waals surface area contributed by atoms with Gasteiger partial charge in [-0.05, 0) is 36.8 Å². The first-order chi connectivity index (χ1) is 9.24. The van der Waals surface area contributed by atoms with Gasteiger partial charge in [0.1, 0.15) is 0 Å². The van der Waals surface area contributed by atoms with Gasteiger partial charge in [0, 0.05) is 27.4 Å². The molecule has 1 N–H and O–H groups in total. The Balaban J connectivity index is 2.08. The summed E-state index contributed by atoms with van der Waals surface area (Å²) in [6.45, 7) is 2.08. The monoisotopic (exact) mass is 312 g/mol. The number of fused-ring (bicyclic) bond motifs is 1. The topological polar surface area (TPSA) is 24.9 Å². The molecule has 0 fully saturated rings. The second kappa shape index (κ2) is 5.02. The summed E-state index contributed by atoms with van der Waals surface area (Å²) >= 11 is 3.48. The van der Waals surface area contributed by atoms with Crippen LogP contribution in [0.15, 0.2) is 59.2 Å². The highest BCUT2D eigenvalue weighted by Crippen LogP contribution is 2.27. The van der Waals surface area contributed by atoms with E-state index < -0.39 is 0 Å². The highest BCUT2D eigenvalue weighted by atomic mass is 79.9. The normalized spacial score (nSPS) is 10.6. The van der Waals surface area contributed by atoms with E-state index in [0.717, 1.165) is 26.8 Å². The Morgan fingerprint density at radius 1 is 1.05 bits per heavy atom. The van der Waals surface area contributed by atoms with E-state index in [0.29, 0.717) is 0 Å². The molecule has 0 saturated carbocycles. The van der Waals surface area contributed by atoms with Crippen LogP contribution in [0.5, 0.6) is 0 Å². The number of anilines is 2. The Hall–Kier alpha value is -1.87. The van der Waals surface area contributed by atoms with E-state index >= 15 is 0 Å². The molecular formula is C16H13BrN2. The molecule has 19 heavy (non-hydrogen) atoms. The Morgan fingerprint density at radius 2 is 1.89 bits per heavy atom. The molecule has 1 aromatic heterocycles. The van der Waals surface area contributed by atoms with Gasteiger partial charge in [-0.25, -0.2) is 0 Å². The summed E-state index contributed by atoms with van der Waals surface area (Å²) in [6, 6.07) is 16.4. The molecule has 0 bridgehead atoms. The lowest BCUT2D eigenvalue weighted by atomic mass is 10.1. The average Bonchev–Trinajstić information content (AvgIpc) is 2.40. The van der Waals surface area contributed by atoms with E-state index in [1.54, 1.807) is 0 Å². The zero-order valence-corrected chi connectivity index (χ0v) is 12.1. The van der Waals surface area contributed by atoms with Crippen molar-refractivity contribution >= 4 is 38.2 Å². The lowest BCUT2D eigenvalue weighted by molar-refractivity contribution is 1.36. The minimum Gasteiger partial charge on any atom is -0.355 e. The Kier molecular flexibility index (Phi) is 3.22. The zero-order valence-electron chi connectivity index (χ0n) is 10.5. The molecule has 0 atom stereocenters. The van der Waals surface area contributed by atoms with Crippen molar-refractivity contribution < 1.29 is 0 Å². The smallest absolute Gasteiger partial charge is 0.0751 e. The Morgan fingerprint density at radius 3 is 2.74 bits per heavy atom. The summed E-state index contributed by atoms with van der Waals surface area (Å²) in [7, 11) is 0. The van der Waals surface area contributed by atoms with Crippen LogP contribution >= 0.6 is 15.9 Å². The number of halogens is 1. The summed E-state index contributed by atoms with van der Waals surface area (Å²) in [5.41, 5.74) is 4.37. The van der Waals surface area contributed by atoms with Crippen molar-refractivity contribution in [3.8, 4) is 0 Å². The van der Waals surface area contributed by atoms with Crippen LogP contribution in [0.3, 0.4) is 0 Å². The largest absolute Gasteiger partial charge is 0.355 e. The minimum atomic E-state index is 1.04. The first-order valence-corrected chi connectivity index (χ1v) is 6.90. The van der Waals surface area contributed by atoms with Crippen molar-refractivity contribution in [2.75, 3.05) is 5.32 Å². The van der Waals surface area contributed by atoms with E-state index in [1.807, 2.05) is 30.5 Å². The van der Waals surface area contributed by atoms with Crippen molar-refractivity contribution in [1.29, 1.82) is 0 Å². The molecule has 0 unspecified atom stereocenters. The van der Waals surface area contributed by atoms with E-state index in [4.69, 9.17) is 0 Å². The maximum Gasteiger partial charge on any atom is 0.0751 e. The van der Waals surface area contributed by atoms with E-state index in [9.17, 15) is 0 Å². The molecule has 0 aliphatic heterocycles. The van der Waals surface area contributed by atoms with Crippen molar-refractivity contribution in [3.05, 3.63) is 64.8 Å². The van der Waals surface area contributed by atoms with Crippen molar-refractivity contribution in [2.45, 2.75) is 6.92 Å². The van der Waals surface area contributed by atoms with Crippen LogP contribution in [0.2, 0.25) is 0 Å². The van der Waals surface area contributed by atoms with Gasteiger partial charge in [0.15, 0.2) is 0 Å². The predicted octanol–water partition coefficient (Wildman–Crippen LogP) is 5.05. The van der Waals surface area contributed by atoms with E-state index in [1.165, 1.54) is 5.56 Å². The fraction of sp³-hybridized carbons (Fsp3) is 0.0625. The highest BCUT2D eigenvalue weighted by Gasteiger charge is 2.04. The van der Waals surface area contributed by atoms with E-state index in [-0.39, 0.29) is 0 Å². The summed E-state index contributed by atoms with van der Waals surface area (Å²) in [6.07, 6.45) is 1.84. The second-order valence-electron chi connectivity index (χ2n) is 4.46. The first-order valence-electron chi connectivity index (χ1n) is 6.11. The van der Waals surface area contributed by atoms with Crippen molar-refractivity contribution in [2.24, 2.45) is 0 Å². The van der Waals surface area contributed by atoms with Gasteiger partial charge in [0.05, 0.1) is 5.52 Å². The third-order valence-electron chi connectivity index (χ3n) is 3.08. The van der Waals surface area contributed by atoms with Gasteiger partial charge in [-0.1, -0.05) is 40.2 Å². The summed E-state index contributed by atoms with van der Waals surface area (Å²) in [5.74, 6) is 0. The number of hydrogen-bond acceptors (Lipinski definition) is 2. The Labute approximate surface area is 120 Å². The van der Waals surface area contributed by atoms with Gasteiger partial charge in [-0.2, -0.15) is 0 Å². The number of hydrogen-bond donors (Lipinski definition) is 1. The molecule has 2 aromatic carbocycles. The predicted molar refractivity (Wildman–Crippen MR) is 83.9 cm³/mol. The fourth-order valence-corrected chi connectivity index (χ4v) is 2.55. The van der Waals surface area contributed by atoms with Crippen LogP contribution in [0.4, 0.5) is 11.4 Å². The number of benzene rings is 2. The first kappa shape index (κ1) is 12.2. The third-order valence-corrected chi connectivity index (χ3v) is 3.57. The maximum absolute atomic E-state index is 4.45. The lowest BCUT2D eigenvalue weighted by Crippen LogP contribution is -1.93. The van der Waals surface area contributed by atoms with Gasteiger partial charge in [0.25, 0.3) is 0 Å². The standard InChI is InChI=1S/C16H13BrN2/c1-11-4-2-7-14-15(8-9-18-16(11)14)19-13-6-3-5-12(17)10-13/h2-10H,1H3,(H,18,19). The molecule has 3 heteroatoms. The lowest BCUT2D eigenvalue weighted by Gasteiger charge is -2.10. The molecule has 2 nitrogen and oxygen atoms in total. The molecular weight excluding hydrogens is 300 g/mol. The van der Waals surface area contributed by atoms with Gasteiger partial charge >= 0.3 is 0 Å². The number of nitrogens with zero attached hydrogens (tertiary/aromatic N) is 1. The highest BCUT2D eigenvalue weighted by molar-refractivity contribution is 9.10. The maximum atomic E-state index is 4.45. The molecule has 0 aliphatic carbocycles. The zero-order chi connectivity index (χ0) is 13.2. The number of aromatic nitrogens is 1. The Bertz CT molecular complexity index is 738. The molecule has 0 aliphatic rings. The van der Waals surface area contributed by atoms with Crippen LogP contribution in [-0.2, 0) is 0 Å². The van der Waals surface area contributed by atoms with Crippen LogP contribution in [0.1, 0.15) is 5.56 Å². The van der Waals surface area contributed by atoms with Crippen LogP contribution in [-0.4, -0.2) is 4.98 Å². The number of rotatable bonds is 2. The molecule has 1 heterocycles. The van der Waals surface area contributed by atoms with Crippen LogP contribution in [0.25, 0.3) is 10.9 Å². The van der Waals surface area contributed by atoms with Gasteiger partial charge in [-0.15, -0.1) is 0 Å². The quantitative estimate of drug-likeness (QED) is 0.716. The molecule has 3 rings (SSSR count). The average molecular weight is 313 g/mol.